The van der Waals surface area contributed by atoms with E-state index in [4.69, 9.17) is 9.72 Å². The zero-order chi connectivity index (χ0) is 19.2. The SMILES string of the molecule is CC(C)SC(SC(C)C)c1ccccc1OCc1ccc2ccccc2n1.Cl. The van der Waals surface area contributed by atoms with E-state index in [0.29, 0.717) is 21.7 Å². The summed E-state index contributed by atoms with van der Waals surface area (Å²) in [5.41, 5.74) is 3.22. The third-order valence-electron chi connectivity index (χ3n) is 4.00. The number of benzene rings is 2. The highest BCUT2D eigenvalue weighted by molar-refractivity contribution is 8.16. The second-order valence-corrected chi connectivity index (χ2v) is 10.7. The number of halogens is 1. The molecule has 2 nitrogen and oxygen atoms in total. The molecule has 0 saturated heterocycles. The fraction of sp³-hybridized carbons (Fsp3) is 0.348. The van der Waals surface area contributed by atoms with Gasteiger partial charge in [-0.2, -0.15) is 0 Å². The molecule has 0 radical (unpaired) electrons. The summed E-state index contributed by atoms with van der Waals surface area (Å²) in [5.74, 6) is 0.957. The lowest BCUT2D eigenvalue weighted by molar-refractivity contribution is 0.299. The number of rotatable bonds is 8. The first-order chi connectivity index (χ1) is 13.0. The van der Waals surface area contributed by atoms with E-state index in [1.165, 1.54) is 5.56 Å². The number of thioether (sulfide) groups is 2. The van der Waals surface area contributed by atoms with Gasteiger partial charge in [0.25, 0.3) is 0 Å². The molecule has 3 aromatic rings. The van der Waals surface area contributed by atoms with Gasteiger partial charge < -0.3 is 4.74 Å². The van der Waals surface area contributed by atoms with Crippen molar-refractivity contribution in [1.82, 2.24) is 4.98 Å². The van der Waals surface area contributed by atoms with Gasteiger partial charge in [-0.3, -0.25) is 0 Å². The maximum absolute atomic E-state index is 6.23. The Kier molecular flexibility index (Phi) is 9.00. The van der Waals surface area contributed by atoms with Gasteiger partial charge in [-0.15, -0.1) is 35.9 Å². The molecule has 1 aromatic heterocycles. The minimum Gasteiger partial charge on any atom is -0.487 e. The number of pyridine rings is 1. The lowest BCUT2D eigenvalue weighted by Gasteiger charge is -2.23. The maximum Gasteiger partial charge on any atom is 0.130 e. The zero-order valence-electron chi connectivity index (χ0n) is 16.8. The zero-order valence-corrected chi connectivity index (χ0v) is 19.2. The molecule has 5 heteroatoms. The third-order valence-corrected chi connectivity index (χ3v) is 6.75. The van der Waals surface area contributed by atoms with Gasteiger partial charge in [0, 0.05) is 21.4 Å². The van der Waals surface area contributed by atoms with Crippen molar-refractivity contribution in [2.75, 3.05) is 0 Å². The van der Waals surface area contributed by atoms with Gasteiger partial charge in [-0.1, -0.05) is 70.2 Å². The van der Waals surface area contributed by atoms with Crippen molar-refractivity contribution in [2.24, 2.45) is 0 Å². The summed E-state index contributed by atoms with van der Waals surface area (Å²) in [6, 6.07) is 20.8. The van der Waals surface area contributed by atoms with Crippen molar-refractivity contribution in [3.8, 4) is 5.75 Å². The van der Waals surface area contributed by atoms with Gasteiger partial charge >= 0.3 is 0 Å². The van der Waals surface area contributed by atoms with Crippen molar-refractivity contribution in [1.29, 1.82) is 0 Å². The number of para-hydroxylation sites is 2. The Hall–Kier alpha value is -1.36. The van der Waals surface area contributed by atoms with Crippen LogP contribution in [-0.2, 0) is 6.61 Å². The molecule has 3 rings (SSSR count). The average Bonchev–Trinajstić information content (AvgIpc) is 2.65. The minimum atomic E-state index is 0. The molecular formula is C23H28ClNOS2. The molecule has 0 fully saturated rings. The summed E-state index contributed by atoms with van der Waals surface area (Å²) in [5, 5.41) is 2.29. The average molecular weight is 434 g/mol. The Balaban J connectivity index is 0.00000280. The lowest BCUT2D eigenvalue weighted by atomic mass is 10.2. The van der Waals surface area contributed by atoms with Crippen molar-refractivity contribution < 1.29 is 4.74 Å². The highest BCUT2D eigenvalue weighted by Crippen LogP contribution is 2.46. The van der Waals surface area contributed by atoms with Gasteiger partial charge in [-0.25, -0.2) is 4.98 Å². The number of hydrogen-bond acceptors (Lipinski definition) is 4. The van der Waals surface area contributed by atoms with Crippen LogP contribution in [-0.4, -0.2) is 15.5 Å². The van der Waals surface area contributed by atoms with Crippen LogP contribution in [0.2, 0.25) is 0 Å². The van der Waals surface area contributed by atoms with Crippen LogP contribution in [0.1, 0.15) is 43.5 Å². The normalized spacial score (nSPS) is 11.2. The monoisotopic (exact) mass is 433 g/mol. The molecule has 0 aliphatic heterocycles. The van der Waals surface area contributed by atoms with E-state index < -0.39 is 0 Å². The Morgan fingerprint density at radius 3 is 2.18 bits per heavy atom. The second-order valence-electron chi connectivity index (χ2n) is 7.02. The van der Waals surface area contributed by atoms with Crippen molar-refractivity contribution in [3.63, 3.8) is 0 Å². The summed E-state index contributed by atoms with van der Waals surface area (Å²) in [6.45, 7) is 9.48. The molecule has 0 aliphatic rings. The van der Waals surface area contributed by atoms with Gasteiger partial charge in [-0.05, 0) is 18.2 Å². The highest BCUT2D eigenvalue weighted by atomic mass is 35.5. The fourth-order valence-corrected chi connectivity index (χ4v) is 6.08. The van der Waals surface area contributed by atoms with Crippen LogP contribution in [0.15, 0.2) is 60.7 Å². The van der Waals surface area contributed by atoms with Gasteiger partial charge in [0.05, 0.1) is 15.8 Å². The first-order valence-corrected chi connectivity index (χ1v) is 11.3. The Bertz CT molecular complexity index is 875. The van der Waals surface area contributed by atoms with E-state index in [-0.39, 0.29) is 12.4 Å². The summed E-state index contributed by atoms with van der Waals surface area (Å²) in [6.07, 6.45) is 0. The van der Waals surface area contributed by atoms with Crippen molar-refractivity contribution >= 4 is 46.8 Å². The smallest absolute Gasteiger partial charge is 0.130 e. The molecule has 0 unspecified atom stereocenters. The molecule has 1 heterocycles. The van der Waals surface area contributed by atoms with Crippen molar-refractivity contribution in [2.45, 2.75) is 49.4 Å². The van der Waals surface area contributed by atoms with Crippen LogP contribution in [0.4, 0.5) is 0 Å². The third kappa shape index (κ3) is 6.33. The second kappa shape index (κ2) is 11.0. The summed E-state index contributed by atoms with van der Waals surface area (Å²) < 4.78 is 6.59. The largest absolute Gasteiger partial charge is 0.487 e. The molecule has 0 atom stereocenters. The number of ether oxygens (including phenoxy) is 1. The molecule has 0 saturated carbocycles. The van der Waals surface area contributed by atoms with Crippen LogP contribution in [0.3, 0.4) is 0 Å². The number of fused-ring (bicyclic) bond motifs is 1. The highest BCUT2D eigenvalue weighted by Gasteiger charge is 2.20. The fourth-order valence-electron chi connectivity index (χ4n) is 2.82. The molecule has 2 aromatic carbocycles. The topological polar surface area (TPSA) is 22.1 Å². The number of hydrogen-bond donors (Lipinski definition) is 0. The van der Waals surface area contributed by atoms with E-state index in [1.807, 2.05) is 53.9 Å². The lowest BCUT2D eigenvalue weighted by Crippen LogP contribution is -2.04. The minimum absolute atomic E-state index is 0. The van der Waals surface area contributed by atoms with E-state index >= 15 is 0 Å². The van der Waals surface area contributed by atoms with E-state index in [0.717, 1.165) is 22.3 Å². The summed E-state index contributed by atoms with van der Waals surface area (Å²) in [7, 11) is 0. The predicted octanol–water partition coefficient (Wildman–Crippen LogP) is 7.52. The van der Waals surface area contributed by atoms with E-state index in [1.54, 1.807) is 0 Å². The standard InChI is InChI=1S/C23H27NOS2.ClH/c1-16(2)26-23(27-17(3)4)20-10-6-8-12-22(20)25-15-19-14-13-18-9-5-7-11-21(18)24-19;/h5-14,16-17,23H,15H2,1-4H3;1H. The van der Waals surface area contributed by atoms with Gasteiger partial charge in [0.15, 0.2) is 0 Å². The van der Waals surface area contributed by atoms with Crippen LogP contribution < -0.4 is 4.74 Å². The molecular weight excluding hydrogens is 406 g/mol. The molecule has 0 bridgehead atoms. The Labute approximate surface area is 183 Å². The molecule has 0 spiro atoms. The Morgan fingerprint density at radius 1 is 0.821 bits per heavy atom. The molecule has 28 heavy (non-hydrogen) atoms. The molecule has 0 N–H and O–H groups in total. The molecule has 0 amide bonds. The van der Waals surface area contributed by atoms with Crippen molar-refractivity contribution in [3.05, 3.63) is 71.9 Å². The van der Waals surface area contributed by atoms with Gasteiger partial charge in [0.1, 0.15) is 12.4 Å². The molecule has 0 aliphatic carbocycles. The van der Waals surface area contributed by atoms with E-state index in [9.17, 15) is 0 Å². The van der Waals surface area contributed by atoms with Crippen LogP contribution in [0.5, 0.6) is 5.75 Å². The van der Waals surface area contributed by atoms with Crippen LogP contribution in [0, 0.1) is 0 Å². The first kappa shape index (κ1) is 22.9. The number of aromatic nitrogens is 1. The number of nitrogens with zero attached hydrogens (tertiary/aromatic N) is 1. The first-order valence-electron chi connectivity index (χ1n) is 9.40. The Morgan fingerprint density at radius 2 is 1.46 bits per heavy atom. The van der Waals surface area contributed by atoms with Crippen LogP contribution in [0.25, 0.3) is 10.9 Å². The van der Waals surface area contributed by atoms with E-state index in [2.05, 4.69) is 58.0 Å². The predicted molar refractivity (Wildman–Crippen MR) is 128 cm³/mol. The molecule has 150 valence electrons. The summed E-state index contributed by atoms with van der Waals surface area (Å²) >= 11 is 3.97. The quantitative estimate of drug-likeness (QED) is 0.342. The van der Waals surface area contributed by atoms with Crippen LogP contribution >= 0.6 is 35.9 Å². The summed E-state index contributed by atoms with van der Waals surface area (Å²) in [4.78, 5) is 4.73. The van der Waals surface area contributed by atoms with Gasteiger partial charge in [0.2, 0.25) is 0 Å². The maximum atomic E-state index is 6.23.